The highest BCUT2D eigenvalue weighted by atomic mass is 16.5. The van der Waals surface area contributed by atoms with Crippen LogP contribution in [0.3, 0.4) is 0 Å². The molecule has 0 bridgehead atoms. The van der Waals surface area contributed by atoms with Gasteiger partial charge in [0.05, 0.1) is 12.7 Å². The normalized spacial score (nSPS) is 11.8. The van der Waals surface area contributed by atoms with E-state index >= 15 is 0 Å². The Morgan fingerprint density at radius 3 is 2.44 bits per heavy atom. The third kappa shape index (κ3) is 3.21. The van der Waals surface area contributed by atoms with Crippen molar-refractivity contribution >= 4 is 11.9 Å². The first kappa shape index (κ1) is 14.0. The summed E-state index contributed by atoms with van der Waals surface area (Å²) < 4.78 is 5.19. The number of hydrogen-bond donors (Lipinski definition) is 0. The lowest BCUT2D eigenvalue weighted by molar-refractivity contribution is -0.121. The van der Waals surface area contributed by atoms with Gasteiger partial charge in [0, 0.05) is 11.0 Å². The molecule has 1 aromatic rings. The predicted octanol–water partition coefficient (Wildman–Crippen LogP) is 3.22. The Balaban J connectivity index is 3.21. The molecule has 0 amide bonds. The van der Waals surface area contributed by atoms with E-state index in [2.05, 4.69) is 0 Å². The monoisotopic (exact) mass is 243 g/mol. The molecule has 1 rings (SSSR count). The van der Waals surface area contributed by atoms with Crippen LogP contribution in [0.4, 0.5) is 0 Å². The molecular weight excluding hydrogens is 226 g/mol. The first-order valence-corrected chi connectivity index (χ1v) is 5.69. The highest BCUT2D eigenvalue weighted by molar-refractivity contribution is 6.06. The smallest absolute Gasteiger partial charge is 0.178 e. The van der Waals surface area contributed by atoms with Crippen LogP contribution in [-0.2, 0) is 4.79 Å². The SMILES string of the molecule is COc1ccccc1/C=C(\C#N)C(=O)C(C)(C)C. The van der Waals surface area contributed by atoms with Crippen LogP contribution in [-0.4, -0.2) is 12.9 Å². The van der Waals surface area contributed by atoms with E-state index in [0.717, 1.165) is 5.56 Å². The van der Waals surface area contributed by atoms with Gasteiger partial charge in [0.2, 0.25) is 0 Å². The second-order valence-corrected chi connectivity index (χ2v) is 4.99. The van der Waals surface area contributed by atoms with Crippen LogP contribution in [0.25, 0.3) is 6.08 Å². The summed E-state index contributed by atoms with van der Waals surface area (Å²) in [6.07, 6.45) is 1.58. The summed E-state index contributed by atoms with van der Waals surface area (Å²) >= 11 is 0. The molecule has 0 saturated carbocycles. The standard InChI is InChI=1S/C15H17NO2/c1-15(2,3)14(17)12(10-16)9-11-7-5-6-8-13(11)18-4/h5-9H,1-4H3/b12-9+. The number of Topliss-reactive ketones (excluding diaryl/α,β-unsaturated/α-hetero) is 1. The Bertz CT molecular complexity index is 516. The number of carbonyl (C=O) groups is 1. The Morgan fingerprint density at radius 1 is 1.33 bits per heavy atom. The van der Waals surface area contributed by atoms with Crippen molar-refractivity contribution in [1.29, 1.82) is 5.26 Å². The highest BCUT2D eigenvalue weighted by Gasteiger charge is 2.25. The third-order valence-electron chi connectivity index (χ3n) is 2.49. The molecule has 0 saturated heterocycles. The summed E-state index contributed by atoms with van der Waals surface area (Å²) in [4.78, 5) is 12.1. The molecule has 1 aromatic carbocycles. The lowest BCUT2D eigenvalue weighted by atomic mass is 9.86. The van der Waals surface area contributed by atoms with Crippen LogP contribution in [0.1, 0.15) is 26.3 Å². The number of rotatable bonds is 3. The maximum Gasteiger partial charge on any atom is 0.178 e. The second-order valence-electron chi connectivity index (χ2n) is 4.99. The van der Waals surface area contributed by atoms with Gasteiger partial charge in [0.25, 0.3) is 0 Å². The number of benzene rings is 1. The summed E-state index contributed by atoms with van der Waals surface area (Å²) in [6.45, 7) is 5.38. The lowest BCUT2D eigenvalue weighted by Gasteiger charge is -2.15. The summed E-state index contributed by atoms with van der Waals surface area (Å²) in [5, 5.41) is 9.10. The van der Waals surface area contributed by atoms with Gasteiger partial charge >= 0.3 is 0 Å². The van der Waals surface area contributed by atoms with Crippen molar-refractivity contribution in [3.63, 3.8) is 0 Å². The zero-order valence-corrected chi connectivity index (χ0v) is 11.2. The van der Waals surface area contributed by atoms with Crippen molar-refractivity contribution in [2.45, 2.75) is 20.8 Å². The van der Waals surface area contributed by atoms with Gasteiger partial charge in [-0.1, -0.05) is 39.0 Å². The van der Waals surface area contributed by atoms with Gasteiger partial charge in [-0.2, -0.15) is 5.26 Å². The molecule has 0 atom stereocenters. The summed E-state index contributed by atoms with van der Waals surface area (Å²) in [5.74, 6) is 0.475. The van der Waals surface area contributed by atoms with E-state index in [9.17, 15) is 4.79 Å². The van der Waals surface area contributed by atoms with Crippen LogP contribution in [0.15, 0.2) is 29.8 Å². The van der Waals surface area contributed by atoms with Gasteiger partial charge in [-0.15, -0.1) is 0 Å². The quantitative estimate of drug-likeness (QED) is 0.605. The lowest BCUT2D eigenvalue weighted by Crippen LogP contribution is -2.21. The third-order valence-corrected chi connectivity index (χ3v) is 2.49. The number of ketones is 1. The van der Waals surface area contributed by atoms with Crippen molar-refractivity contribution < 1.29 is 9.53 Å². The number of nitriles is 1. The molecule has 0 aromatic heterocycles. The van der Waals surface area contributed by atoms with Gasteiger partial charge in [0.15, 0.2) is 5.78 Å². The Morgan fingerprint density at radius 2 is 1.94 bits per heavy atom. The molecule has 0 aliphatic heterocycles. The van der Waals surface area contributed by atoms with Gasteiger partial charge < -0.3 is 4.74 Å². The average Bonchev–Trinajstić information content (AvgIpc) is 2.34. The maximum atomic E-state index is 12.1. The van der Waals surface area contributed by atoms with Crippen LogP contribution in [0.2, 0.25) is 0 Å². The molecule has 0 aliphatic carbocycles. The average molecular weight is 243 g/mol. The number of allylic oxidation sites excluding steroid dienone is 1. The van der Waals surface area contributed by atoms with Gasteiger partial charge in [-0.05, 0) is 12.1 Å². The zero-order valence-electron chi connectivity index (χ0n) is 11.2. The van der Waals surface area contributed by atoms with Gasteiger partial charge in [-0.3, -0.25) is 4.79 Å². The minimum atomic E-state index is -0.566. The highest BCUT2D eigenvalue weighted by Crippen LogP contribution is 2.24. The topological polar surface area (TPSA) is 50.1 Å². The van der Waals surface area contributed by atoms with Crippen LogP contribution >= 0.6 is 0 Å². The minimum Gasteiger partial charge on any atom is -0.496 e. The minimum absolute atomic E-state index is 0.145. The summed E-state index contributed by atoms with van der Waals surface area (Å²) in [5.41, 5.74) is 0.310. The molecule has 0 spiro atoms. The molecule has 0 N–H and O–H groups in total. The molecule has 18 heavy (non-hydrogen) atoms. The van der Waals surface area contributed by atoms with E-state index in [-0.39, 0.29) is 11.4 Å². The zero-order chi connectivity index (χ0) is 13.8. The van der Waals surface area contributed by atoms with Crippen molar-refractivity contribution in [3.8, 4) is 11.8 Å². The van der Waals surface area contributed by atoms with Crippen molar-refractivity contribution in [2.75, 3.05) is 7.11 Å². The van der Waals surface area contributed by atoms with E-state index in [1.54, 1.807) is 40.0 Å². The number of nitrogens with zero attached hydrogens (tertiary/aromatic N) is 1. The van der Waals surface area contributed by atoms with Gasteiger partial charge in [0.1, 0.15) is 11.8 Å². The molecule has 0 heterocycles. The molecule has 0 fully saturated rings. The van der Waals surface area contributed by atoms with Crippen molar-refractivity contribution in [3.05, 3.63) is 35.4 Å². The first-order chi connectivity index (χ1) is 8.40. The maximum absolute atomic E-state index is 12.1. The summed E-state index contributed by atoms with van der Waals surface area (Å²) in [6, 6.07) is 9.25. The first-order valence-electron chi connectivity index (χ1n) is 5.69. The number of para-hydroxylation sites is 1. The molecule has 3 nitrogen and oxygen atoms in total. The van der Waals surface area contributed by atoms with Crippen LogP contribution in [0.5, 0.6) is 5.75 Å². The molecule has 94 valence electrons. The fourth-order valence-corrected chi connectivity index (χ4v) is 1.49. The molecule has 0 radical (unpaired) electrons. The molecule has 3 heteroatoms. The van der Waals surface area contributed by atoms with Crippen molar-refractivity contribution in [1.82, 2.24) is 0 Å². The molecule has 0 unspecified atom stereocenters. The fraction of sp³-hybridized carbons (Fsp3) is 0.333. The van der Waals surface area contributed by atoms with E-state index in [0.29, 0.717) is 5.75 Å². The second kappa shape index (κ2) is 5.50. The van der Waals surface area contributed by atoms with E-state index in [1.807, 2.05) is 24.3 Å². The van der Waals surface area contributed by atoms with Crippen molar-refractivity contribution in [2.24, 2.45) is 5.41 Å². The fourth-order valence-electron chi connectivity index (χ4n) is 1.49. The number of carbonyl (C=O) groups excluding carboxylic acids is 1. The van der Waals surface area contributed by atoms with Gasteiger partial charge in [-0.25, -0.2) is 0 Å². The predicted molar refractivity (Wildman–Crippen MR) is 71.0 cm³/mol. The van der Waals surface area contributed by atoms with Crippen LogP contribution in [0, 0.1) is 16.7 Å². The molecular formula is C15H17NO2. The Labute approximate surface area is 108 Å². The largest absolute Gasteiger partial charge is 0.496 e. The van der Waals surface area contributed by atoms with E-state index < -0.39 is 5.41 Å². The number of methoxy groups -OCH3 is 1. The number of ether oxygens (including phenoxy) is 1. The van der Waals surface area contributed by atoms with Crippen LogP contribution < -0.4 is 4.74 Å². The molecule has 0 aliphatic rings. The summed E-state index contributed by atoms with van der Waals surface area (Å²) in [7, 11) is 1.56. The Hall–Kier alpha value is -2.08. The Kier molecular flexibility index (Phi) is 4.28. The number of hydrogen-bond acceptors (Lipinski definition) is 3. The van der Waals surface area contributed by atoms with E-state index in [1.165, 1.54) is 0 Å². The van der Waals surface area contributed by atoms with E-state index in [4.69, 9.17) is 10.00 Å².